The molecule has 0 radical (unpaired) electrons. The molecule has 0 saturated carbocycles. The average molecular weight is 355 g/mol. The third-order valence-corrected chi connectivity index (χ3v) is 4.32. The number of aromatic amines is 1. The first kappa shape index (κ1) is 16.6. The molecule has 0 unspecified atom stereocenters. The van der Waals surface area contributed by atoms with E-state index < -0.39 is 11.8 Å². The number of fused-ring (bicyclic) bond motifs is 1. The molecular weight excluding hydrogens is 341 g/mol. The molecule has 1 aromatic heterocycles. The minimum atomic E-state index is -1.12. The van der Waals surface area contributed by atoms with Crippen LogP contribution in [0.1, 0.15) is 21.5 Å². The van der Waals surface area contributed by atoms with Crippen molar-refractivity contribution in [1.82, 2.24) is 4.98 Å². The zero-order valence-corrected chi connectivity index (χ0v) is 14.2. The van der Waals surface area contributed by atoms with E-state index in [4.69, 9.17) is 0 Å². The molecule has 0 amide bonds. The van der Waals surface area contributed by atoms with Crippen LogP contribution in [-0.2, 0) is 0 Å². The van der Waals surface area contributed by atoms with Gasteiger partial charge in [0.25, 0.3) is 0 Å². The Morgan fingerprint density at radius 3 is 2.56 bits per heavy atom. The Kier molecular flexibility index (Phi) is 4.19. The summed E-state index contributed by atoms with van der Waals surface area (Å²) in [4.78, 5) is 14.7. The van der Waals surface area contributed by atoms with E-state index >= 15 is 0 Å². The Hall–Kier alpha value is -3.84. The fraction of sp³-hybridized carbons (Fsp3) is 0. The third-order valence-electron chi connectivity index (χ3n) is 4.32. The maximum atomic E-state index is 14.8. The van der Waals surface area contributed by atoms with Gasteiger partial charge in [0.15, 0.2) is 0 Å². The number of hydrogen-bond acceptors (Lipinski definition) is 1. The Morgan fingerprint density at radius 1 is 0.963 bits per heavy atom. The summed E-state index contributed by atoms with van der Waals surface area (Å²) in [6.07, 6.45) is 1.72. The van der Waals surface area contributed by atoms with Gasteiger partial charge in [0.1, 0.15) is 5.82 Å². The highest BCUT2D eigenvalue weighted by atomic mass is 19.1. The molecule has 0 aliphatic heterocycles. The molecule has 27 heavy (non-hydrogen) atoms. The first-order chi connectivity index (χ1) is 13.1. The second-order valence-electron chi connectivity index (χ2n) is 6.05. The fourth-order valence-electron chi connectivity index (χ4n) is 3.05. The van der Waals surface area contributed by atoms with E-state index in [-0.39, 0.29) is 16.7 Å². The zero-order chi connectivity index (χ0) is 18.8. The van der Waals surface area contributed by atoms with Crippen LogP contribution in [0, 0.1) is 17.7 Å². The summed E-state index contributed by atoms with van der Waals surface area (Å²) < 4.78 is 14.8. The van der Waals surface area contributed by atoms with Crippen molar-refractivity contribution in [2.75, 3.05) is 0 Å². The monoisotopic (exact) mass is 355 g/mol. The highest BCUT2D eigenvalue weighted by Crippen LogP contribution is 2.32. The summed E-state index contributed by atoms with van der Waals surface area (Å²) in [5.41, 5.74) is 2.44. The van der Waals surface area contributed by atoms with Gasteiger partial charge < -0.3 is 10.1 Å². The first-order valence-corrected chi connectivity index (χ1v) is 8.34. The molecule has 0 bridgehead atoms. The van der Waals surface area contributed by atoms with Gasteiger partial charge in [0.2, 0.25) is 0 Å². The average Bonchev–Trinajstić information content (AvgIpc) is 3.13. The Bertz CT molecular complexity index is 1210. The van der Waals surface area contributed by atoms with Gasteiger partial charge in [-0.2, -0.15) is 0 Å². The Labute approximate surface area is 155 Å². The summed E-state index contributed by atoms with van der Waals surface area (Å²) >= 11 is 0. The maximum absolute atomic E-state index is 14.8. The number of H-pyrrole nitrogens is 1. The van der Waals surface area contributed by atoms with Crippen molar-refractivity contribution in [2.45, 2.75) is 0 Å². The molecule has 0 fully saturated rings. The molecule has 0 saturated heterocycles. The number of carboxylic acids is 1. The minimum absolute atomic E-state index is 0.0173. The lowest BCUT2D eigenvalue weighted by atomic mass is 9.93. The van der Waals surface area contributed by atoms with Crippen LogP contribution in [-0.4, -0.2) is 16.1 Å². The molecule has 3 aromatic carbocycles. The molecule has 3 nitrogen and oxygen atoms in total. The standard InChI is InChI=1S/C23H14FNO2/c24-20-14-21-17(11-12-25-21)13-19(20)22-16(7-4-8-18(22)23(26)27)10-9-15-5-2-1-3-6-15/h1-8,11-14,25H,(H,26,27). The number of aromatic carboxylic acids is 1. The van der Waals surface area contributed by atoms with Crippen LogP contribution < -0.4 is 0 Å². The van der Waals surface area contributed by atoms with E-state index in [1.165, 1.54) is 12.1 Å². The van der Waals surface area contributed by atoms with E-state index in [1.54, 1.807) is 24.4 Å². The van der Waals surface area contributed by atoms with Crippen molar-refractivity contribution in [3.05, 3.63) is 95.4 Å². The van der Waals surface area contributed by atoms with Crippen LogP contribution in [0.4, 0.5) is 4.39 Å². The highest BCUT2D eigenvalue weighted by molar-refractivity contribution is 5.99. The second-order valence-corrected chi connectivity index (χ2v) is 6.05. The van der Waals surface area contributed by atoms with Gasteiger partial charge in [0, 0.05) is 39.4 Å². The van der Waals surface area contributed by atoms with Crippen LogP contribution in [0.3, 0.4) is 0 Å². The fourth-order valence-corrected chi connectivity index (χ4v) is 3.05. The molecule has 0 aliphatic rings. The lowest BCUT2D eigenvalue weighted by molar-refractivity contribution is 0.0697. The van der Waals surface area contributed by atoms with E-state index in [0.717, 1.165) is 10.9 Å². The minimum Gasteiger partial charge on any atom is -0.478 e. The van der Waals surface area contributed by atoms with Gasteiger partial charge >= 0.3 is 5.97 Å². The SMILES string of the molecule is O=C(O)c1cccc(C#Cc2ccccc2)c1-c1cc2cc[nH]c2cc1F. The van der Waals surface area contributed by atoms with Crippen LogP contribution in [0.15, 0.2) is 72.9 Å². The predicted octanol–water partition coefficient (Wildman–Crippen LogP) is 5.07. The van der Waals surface area contributed by atoms with E-state index in [2.05, 4.69) is 16.8 Å². The van der Waals surface area contributed by atoms with Gasteiger partial charge in [-0.15, -0.1) is 0 Å². The number of carboxylic acid groups (broad SMARTS) is 1. The second kappa shape index (κ2) is 6.81. The predicted molar refractivity (Wildman–Crippen MR) is 103 cm³/mol. The van der Waals surface area contributed by atoms with Crippen LogP contribution in [0.5, 0.6) is 0 Å². The van der Waals surface area contributed by atoms with Crippen molar-refractivity contribution in [3.63, 3.8) is 0 Å². The van der Waals surface area contributed by atoms with Gasteiger partial charge in [-0.1, -0.05) is 36.1 Å². The summed E-state index contributed by atoms with van der Waals surface area (Å²) in [6.45, 7) is 0. The number of carbonyl (C=O) groups is 1. The number of rotatable bonds is 2. The van der Waals surface area contributed by atoms with Crippen molar-refractivity contribution >= 4 is 16.9 Å². The summed E-state index contributed by atoms with van der Waals surface area (Å²) in [5, 5.41) is 10.4. The molecule has 4 heteroatoms. The molecule has 4 rings (SSSR count). The Balaban J connectivity index is 1.96. The van der Waals surface area contributed by atoms with Crippen molar-refractivity contribution in [3.8, 4) is 23.0 Å². The van der Waals surface area contributed by atoms with Crippen molar-refractivity contribution in [1.29, 1.82) is 0 Å². The van der Waals surface area contributed by atoms with Crippen LogP contribution >= 0.6 is 0 Å². The summed E-state index contributed by atoms with van der Waals surface area (Å²) in [5.74, 6) is 4.40. The number of benzene rings is 3. The van der Waals surface area contributed by atoms with Gasteiger partial charge in [0.05, 0.1) is 5.56 Å². The van der Waals surface area contributed by atoms with Crippen LogP contribution in [0.25, 0.3) is 22.0 Å². The van der Waals surface area contributed by atoms with Gasteiger partial charge in [-0.3, -0.25) is 0 Å². The van der Waals surface area contributed by atoms with E-state index in [9.17, 15) is 14.3 Å². The number of hydrogen-bond donors (Lipinski definition) is 2. The lowest BCUT2D eigenvalue weighted by Crippen LogP contribution is -2.02. The first-order valence-electron chi connectivity index (χ1n) is 8.34. The number of aromatic nitrogens is 1. The van der Waals surface area contributed by atoms with Gasteiger partial charge in [-0.05, 0) is 42.5 Å². The third kappa shape index (κ3) is 3.19. The molecule has 0 atom stereocenters. The van der Waals surface area contributed by atoms with Crippen molar-refractivity contribution < 1.29 is 14.3 Å². The zero-order valence-electron chi connectivity index (χ0n) is 14.2. The van der Waals surface area contributed by atoms with E-state index in [0.29, 0.717) is 11.1 Å². The smallest absolute Gasteiger partial charge is 0.336 e. The molecule has 4 aromatic rings. The molecule has 0 spiro atoms. The number of halogens is 1. The molecular formula is C23H14FNO2. The number of nitrogens with one attached hydrogen (secondary N) is 1. The van der Waals surface area contributed by atoms with E-state index in [1.807, 2.05) is 36.4 Å². The maximum Gasteiger partial charge on any atom is 0.336 e. The summed E-state index contributed by atoms with van der Waals surface area (Å²) in [7, 11) is 0. The topological polar surface area (TPSA) is 53.1 Å². The van der Waals surface area contributed by atoms with Gasteiger partial charge in [-0.25, -0.2) is 9.18 Å². The highest BCUT2D eigenvalue weighted by Gasteiger charge is 2.19. The quantitative estimate of drug-likeness (QED) is 0.493. The molecule has 130 valence electrons. The molecule has 2 N–H and O–H groups in total. The van der Waals surface area contributed by atoms with Crippen LogP contribution in [0.2, 0.25) is 0 Å². The lowest BCUT2D eigenvalue weighted by Gasteiger charge is -2.11. The summed E-state index contributed by atoms with van der Waals surface area (Å²) in [6, 6.07) is 19.0. The van der Waals surface area contributed by atoms with Crippen molar-refractivity contribution in [2.24, 2.45) is 0 Å². The largest absolute Gasteiger partial charge is 0.478 e. The Morgan fingerprint density at radius 2 is 1.78 bits per heavy atom. The molecule has 0 aliphatic carbocycles. The molecule has 1 heterocycles. The normalized spacial score (nSPS) is 10.4.